The second-order valence-electron chi connectivity index (χ2n) is 8.36. The van der Waals surface area contributed by atoms with Crippen molar-refractivity contribution in [2.75, 3.05) is 26.2 Å². The molecule has 2 fully saturated rings. The molecule has 3 rings (SSSR count). The minimum absolute atomic E-state index is 0.0332. The number of hydrogen-bond donors (Lipinski definition) is 1. The third kappa shape index (κ3) is 4.69. The molecule has 5 nitrogen and oxygen atoms in total. The molecule has 1 aromatic carbocycles. The summed E-state index contributed by atoms with van der Waals surface area (Å²) in [7, 11) is 0. The first-order valence-corrected chi connectivity index (χ1v) is 10.0. The van der Waals surface area contributed by atoms with Crippen molar-refractivity contribution in [1.29, 1.82) is 0 Å². The first-order chi connectivity index (χ1) is 13.3. The molecule has 0 bridgehead atoms. The van der Waals surface area contributed by atoms with E-state index >= 15 is 0 Å². The van der Waals surface area contributed by atoms with Crippen LogP contribution in [-0.4, -0.2) is 53.8 Å². The van der Waals surface area contributed by atoms with Gasteiger partial charge in [-0.05, 0) is 57.4 Å². The van der Waals surface area contributed by atoms with Crippen molar-refractivity contribution in [1.82, 2.24) is 15.1 Å². The number of benzene rings is 1. The predicted molar refractivity (Wildman–Crippen MR) is 102 cm³/mol. The summed E-state index contributed by atoms with van der Waals surface area (Å²) in [4.78, 5) is 29.0. The lowest BCUT2D eigenvalue weighted by atomic mass is 9.78. The Labute approximate surface area is 165 Å². The maximum absolute atomic E-state index is 13.5. The van der Waals surface area contributed by atoms with E-state index in [0.717, 1.165) is 37.9 Å². The van der Waals surface area contributed by atoms with Crippen molar-refractivity contribution in [3.8, 4) is 0 Å². The van der Waals surface area contributed by atoms with Gasteiger partial charge in [-0.25, -0.2) is 8.78 Å². The number of piperidine rings is 1. The molecular weight excluding hydrogens is 364 g/mol. The zero-order chi connectivity index (χ0) is 20.3. The van der Waals surface area contributed by atoms with Gasteiger partial charge in [0.05, 0.1) is 5.41 Å². The van der Waals surface area contributed by atoms with Gasteiger partial charge in [0.1, 0.15) is 0 Å². The number of hydrogen-bond acceptors (Lipinski definition) is 3. The zero-order valence-corrected chi connectivity index (χ0v) is 16.6. The molecule has 2 aliphatic rings. The van der Waals surface area contributed by atoms with Gasteiger partial charge in [-0.3, -0.25) is 9.59 Å². The van der Waals surface area contributed by atoms with E-state index in [1.54, 1.807) is 4.90 Å². The number of carbonyl (C=O) groups excluding carboxylic acids is 2. The molecule has 28 heavy (non-hydrogen) atoms. The molecule has 0 saturated carbocycles. The number of nitrogens with one attached hydrogen (secondary N) is 1. The number of amides is 2. The smallest absolute Gasteiger partial charge is 0.230 e. The maximum Gasteiger partial charge on any atom is 0.230 e. The number of likely N-dealkylation sites (tertiary alicyclic amines) is 2. The standard InChI is InChI=1S/C21H29F2N3O2/c1-15(2)24-19(27)6-10-25-11-8-21(14-25)7-3-9-26(20(21)28)13-16-4-5-17(22)18(23)12-16/h4-5,12,15H,3,6-11,13-14H2,1-2H3,(H,24,27). The number of rotatable bonds is 6. The van der Waals surface area contributed by atoms with Crippen LogP contribution in [0.4, 0.5) is 8.78 Å². The fraction of sp³-hybridized carbons (Fsp3) is 0.619. The zero-order valence-electron chi connectivity index (χ0n) is 16.6. The highest BCUT2D eigenvalue weighted by Crippen LogP contribution is 2.40. The van der Waals surface area contributed by atoms with E-state index in [4.69, 9.17) is 0 Å². The van der Waals surface area contributed by atoms with Crippen LogP contribution in [0.5, 0.6) is 0 Å². The van der Waals surface area contributed by atoms with Gasteiger partial charge in [0, 0.05) is 38.6 Å². The second-order valence-corrected chi connectivity index (χ2v) is 8.36. The first kappa shape index (κ1) is 20.7. The summed E-state index contributed by atoms with van der Waals surface area (Å²) >= 11 is 0. The molecule has 2 aliphatic heterocycles. The summed E-state index contributed by atoms with van der Waals surface area (Å²) < 4.78 is 26.6. The molecule has 2 saturated heterocycles. The molecule has 0 aliphatic carbocycles. The Kier molecular flexibility index (Phi) is 6.33. The third-order valence-corrected chi connectivity index (χ3v) is 5.72. The van der Waals surface area contributed by atoms with E-state index in [9.17, 15) is 18.4 Å². The van der Waals surface area contributed by atoms with Gasteiger partial charge in [-0.1, -0.05) is 6.07 Å². The molecule has 2 amide bonds. The predicted octanol–water partition coefficient (Wildman–Crippen LogP) is 2.69. The summed E-state index contributed by atoms with van der Waals surface area (Å²) in [6.45, 7) is 6.92. The lowest BCUT2D eigenvalue weighted by Crippen LogP contribution is -2.49. The Morgan fingerprint density at radius 3 is 2.71 bits per heavy atom. The van der Waals surface area contributed by atoms with Crippen molar-refractivity contribution in [3.63, 3.8) is 0 Å². The third-order valence-electron chi connectivity index (χ3n) is 5.72. The first-order valence-electron chi connectivity index (χ1n) is 10.0. The SMILES string of the molecule is CC(C)NC(=O)CCN1CCC2(CCCN(Cc3ccc(F)c(F)c3)C2=O)C1. The Hall–Kier alpha value is -2.02. The highest BCUT2D eigenvalue weighted by Gasteiger charge is 2.48. The molecule has 1 unspecified atom stereocenters. The number of nitrogens with zero attached hydrogens (tertiary/aromatic N) is 2. The summed E-state index contributed by atoms with van der Waals surface area (Å²) in [6, 6.07) is 3.93. The second kappa shape index (κ2) is 8.55. The fourth-order valence-corrected chi connectivity index (χ4v) is 4.34. The van der Waals surface area contributed by atoms with Gasteiger partial charge in [-0.15, -0.1) is 0 Å². The fourth-order valence-electron chi connectivity index (χ4n) is 4.34. The number of carbonyl (C=O) groups is 2. The van der Waals surface area contributed by atoms with Gasteiger partial charge >= 0.3 is 0 Å². The maximum atomic E-state index is 13.5. The van der Waals surface area contributed by atoms with Crippen LogP contribution >= 0.6 is 0 Å². The lowest BCUT2D eigenvalue weighted by molar-refractivity contribution is -0.146. The van der Waals surface area contributed by atoms with E-state index in [0.29, 0.717) is 38.2 Å². The number of halogens is 2. The largest absolute Gasteiger partial charge is 0.354 e. The van der Waals surface area contributed by atoms with Crippen LogP contribution in [0.1, 0.15) is 45.1 Å². The Balaban J connectivity index is 1.59. The van der Waals surface area contributed by atoms with E-state index in [1.807, 2.05) is 13.8 Å². The topological polar surface area (TPSA) is 52.7 Å². The van der Waals surface area contributed by atoms with Gasteiger partial charge in [-0.2, -0.15) is 0 Å². The van der Waals surface area contributed by atoms with Gasteiger partial charge in [0.25, 0.3) is 0 Å². The quantitative estimate of drug-likeness (QED) is 0.809. The van der Waals surface area contributed by atoms with Crippen molar-refractivity contribution in [2.24, 2.45) is 5.41 Å². The summed E-state index contributed by atoms with van der Waals surface area (Å²) in [5.41, 5.74) is 0.190. The Morgan fingerprint density at radius 1 is 1.21 bits per heavy atom. The van der Waals surface area contributed by atoms with Crippen LogP contribution in [0, 0.1) is 17.0 Å². The van der Waals surface area contributed by atoms with Gasteiger partial charge in [0.2, 0.25) is 11.8 Å². The van der Waals surface area contributed by atoms with Crippen LogP contribution in [0.2, 0.25) is 0 Å². The molecule has 154 valence electrons. The van der Waals surface area contributed by atoms with Crippen molar-refractivity contribution in [2.45, 2.75) is 52.1 Å². The molecular formula is C21H29F2N3O2. The minimum atomic E-state index is -0.886. The molecule has 0 aromatic heterocycles. The van der Waals surface area contributed by atoms with Crippen LogP contribution in [0.3, 0.4) is 0 Å². The minimum Gasteiger partial charge on any atom is -0.354 e. The molecule has 0 radical (unpaired) electrons. The highest BCUT2D eigenvalue weighted by atomic mass is 19.2. The van der Waals surface area contributed by atoms with E-state index in [2.05, 4.69) is 10.2 Å². The Morgan fingerprint density at radius 2 is 2.00 bits per heavy atom. The lowest BCUT2D eigenvalue weighted by Gasteiger charge is -2.39. The summed E-state index contributed by atoms with van der Waals surface area (Å²) in [6.07, 6.45) is 2.96. The van der Waals surface area contributed by atoms with Gasteiger partial charge < -0.3 is 15.1 Å². The average molecular weight is 393 g/mol. The summed E-state index contributed by atoms with van der Waals surface area (Å²) in [5, 5.41) is 2.89. The van der Waals surface area contributed by atoms with E-state index < -0.39 is 17.0 Å². The van der Waals surface area contributed by atoms with E-state index in [1.165, 1.54) is 6.07 Å². The van der Waals surface area contributed by atoms with Crippen molar-refractivity contribution in [3.05, 3.63) is 35.4 Å². The van der Waals surface area contributed by atoms with Crippen molar-refractivity contribution >= 4 is 11.8 Å². The molecule has 1 N–H and O–H groups in total. The van der Waals surface area contributed by atoms with Crippen LogP contribution in [0.25, 0.3) is 0 Å². The van der Waals surface area contributed by atoms with Crippen LogP contribution in [-0.2, 0) is 16.1 Å². The highest BCUT2D eigenvalue weighted by molar-refractivity contribution is 5.84. The summed E-state index contributed by atoms with van der Waals surface area (Å²) in [5.74, 6) is -1.63. The van der Waals surface area contributed by atoms with Crippen LogP contribution < -0.4 is 5.32 Å². The van der Waals surface area contributed by atoms with Crippen LogP contribution in [0.15, 0.2) is 18.2 Å². The van der Waals surface area contributed by atoms with Gasteiger partial charge in [0.15, 0.2) is 11.6 Å². The molecule has 1 atom stereocenters. The molecule has 2 heterocycles. The Bertz CT molecular complexity index is 740. The molecule has 7 heteroatoms. The van der Waals surface area contributed by atoms with E-state index in [-0.39, 0.29) is 17.9 Å². The molecule has 1 spiro atoms. The average Bonchev–Trinajstić information content (AvgIpc) is 3.04. The normalized spacial score (nSPS) is 23.0. The monoisotopic (exact) mass is 393 g/mol. The van der Waals surface area contributed by atoms with Crippen molar-refractivity contribution < 1.29 is 18.4 Å². The molecule has 1 aromatic rings.